The molecule has 5 nitrogen and oxygen atoms in total. The Kier molecular flexibility index (Phi) is 9.43. The number of likely N-dealkylation sites (tertiary alicyclic amines) is 1. The van der Waals surface area contributed by atoms with Crippen molar-refractivity contribution < 1.29 is 9.52 Å². The van der Waals surface area contributed by atoms with Crippen LogP contribution in [0.25, 0.3) is 11.0 Å². The van der Waals surface area contributed by atoms with Gasteiger partial charge in [0.25, 0.3) is 0 Å². The third-order valence-corrected chi connectivity index (χ3v) is 6.46. The zero-order chi connectivity index (χ0) is 21.3. The molecular formula is C24H29Cl3N2O3. The largest absolute Gasteiger partial charge is 0.506 e. The van der Waals surface area contributed by atoms with Gasteiger partial charge in [0.05, 0.1) is 10.6 Å². The molecule has 3 aromatic rings. The van der Waals surface area contributed by atoms with E-state index in [0.29, 0.717) is 29.3 Å². The van der Waals surface area contributed by atoms with Crippen LogP contribution in [0.5, 0.6) is 5.75 Å². The van der Waals surface area contributed by atoms with Crippen LogP contribution in [0.1, 0.15) is 35.1 Å². The molecular weight excluding hydrogens is 471 g/mol. The molecule has 4 rings (SSSR count). The number of hydrogen-bond acceptors (Lipinski definition) is 5. The molecule has 8 heteroatoms. The van der Waals surface area contributed by atoms with E-state index in [-0.39, 0.29) is 41.2 Å². The smallest absolute Gasteiger partial charge is 0.339 e. The monoisotopic (exact) mass is 498 g/mol. The fourth-order valence-electron chi connectivity index (χ4n) is 4.14. The zero-order valence-corrected chi connectivity index (χ0v) is 20.6. The quantitative estimate of drug-likeness (QED) is 0.462. The molecule has 0 unspecified atom stereocenters. The summed E-state index contributed by atoms with van der Waals surface area (Å²) in [5.41, 5.74) is 3.31. The number of piperidine rings is 1. The Morgan fingerprint density at radius 2 is 1.78 bits per heavy atom. The fraction of sp³-hybridized carbons (Fsp3) is 0.375. The first-order chi connectivity index (χ1) is 14.4. The number of halogens is 3. The van der Waals surface area contributed by atoms with Crippen molar-refractivity contribution in [1.82, 2.24) is 10.2 Å². The number of rotatable bonds is 5. The van der Waals surface area contributed by atoms with Crippen LogP contribution in [-0.4, -0.2) is 29.1 Å². The number of aryl methyl sites for hydroxylation is 1. The van der Waals surface area contributed by atoms with Gasteiger partial charge in [0.15, 0.2) is 0 Å². The molecule has 1 aliphatic rings. The summed E-state index contributed by atoms with van der Waals surface area (Å²) in [7, 11) is 0. The molecule has 0 spiro atoms. The Morgan fingerprint density at radius 3 is 2.44 bits per heavy atom. The third kappa shape index (κ3) is 5.59. The minimum atomic E-state index is -0.378. The van der Waals surface area contributed by atoms with E-state index < -0.39 is 0 Å². The number of nitrogens with one attached hydrogen (secondary N) is 1. The van der Waals surface area contributed by atoms with Crippen molar-refractivity contribution in [2.75, 3.05) is 13.1 Å². The normalized spacial score (nSPS) is 14.7. The average Bonchev–Trinajstić information content (AvgIpc) is 2.75. The van der Waals surface area contributed by atoms with Crippen molar-refractivity contribution in [1.29, 1.82) is 0 Å². The van der Waals surface area contributed by atoms with Crippen LogP contribution in [0.4, 0.5) is 0 Å². The first-order valence-electron chi connectivity index (χ1n) is 10.4. The van der Waals surface area contributed by atoms with Gasteiger partial charge in [0, 0.05) is 30.1 Å². The summed E-state index contributed by atoms with van der Waals surface area (Å²) in [4.78, 5) is 14.7. The van der Waals surface area contributed by atoms with Crippen LogP contribution in [-0.2, 0) is 13.1 Å². The zero-order valence-electron chi connectivity index (χ0n) is 18.2. The van der Waals surface area contributed by atoms with E-state index in [4.69, 9.17) is 16.0 Å². The number of benzene rings is 2. The maximum Gasteiger partial charge on any atom is 0.339 e. The topological polar surface area (TPSA) is 65.7 Å². The summed E-state index contributed by atoms with van der Waals surface area (Å²) >= 11 is 6.27. The highest BCUT2D eigenvalue weighted by atomic mass is 35.5. The summed E-state index contributed by atoms with van der Waals surface area (Å²) in [5, 5.41) is 15.1. The molecule has 0 bridgehead atoms. The highest BCUT2D eigenvalue weighted by Crippen LogP contribution is 2.36. The van der Waals surface area contributed by atoms with E-state index in [1.54, 1.807) is 13.0 Å². The van der Waals surface area contributed by atoms with Crippen molar-refractivity contribution in [2.24, 2.45) is 0 Å². The molecule has 174 valence electrons. The lowest BCUT2D eigenvalue weighted by Crippen LogP contribution is -2.41. The molecule has 2 aromatic carbocycles. The van der Waals surface area contributed by atoms with Gasteiger partial charge in [-0.15, -0.1) is 24.8 Å². The van der Waals surface area contributed by atoms with E-state index in [2.05, 4.69) is 34.5 Å². The number of fused-ring (bicyclic) bond motifs is 1. The van der Waals surface area contributed by atoms with E-state index in [0.717, 1.165) is 43.4 Å². The second-order valence-corrected chi connectivity index (χ2v) is 8.53. The molecule has 0 aliphatic carbocycles. The van der Waals surface area contributed by atoms with Gasteiger partial charge in [-0.05, 0) is 57.0 Å². The van der Waals surface area contributed by atoms with Gasteiger partial charge in [-0.25, -0.2) is 4.79 Å². The molecule has 32 heavy (non-hydrogen) atoms. The predicted octanol–water partition coefficient (Wildman–Crippen LogP) is 5.37. The van der Waals surface area contributed by atoms with Gasteiger partial charge in [0.1, 0.15) is 11.3 Å². The van der Waals surface area contributed by atoms with Crippen LogP contribution in [0, 0.1) is 13.8 Å². The molecule has 2 N–H and O–H groups in total. The van der Waals surface area contributed by atoms with Gasteiger partial charge in [-0.3, -0.25) is 4.90 Å². The SMILES string of the molecule is Cc1c(C)c2cc(Cl)c(O)c(CNC3CCN(Cc4ccccc4)CC3)c2oc1=O.Cl.Cl. The van der Waals surface area contributed by atoms with E-state index in [9.17, 15) is 9.90 Å². The lowest BCUT2D eigenvalue weighted by Gasteiger charge is -2.32. The van der Waals surface area contributed by atoms with Crippen molar-refractivity contribution in [3.05, 3.63) is 74.1 Å². The Morgan fingerprint density at radius 1 is 1.12 bits per heavy atom. The van der Waals surface area contributed by atoms with Gasteiger partial charge < -0.3 is 14.8 Å². The summed E-state index contributed by atoms with van der Waals surface area (Å²) in [6.07, 6.45) is 2.04. The van der Waals surface area contributed by atoms with Crippen molar-refractivity contribution in [3.8, 4) is 5.75 Å². The lowest BCUT2D eigenvalue weighted by molar-refractivity contribution is 0.190. The maximum atomic E-state index is 12.2. The number of hydrogen-bond donors (Lipinski definition) is 2. The van der Waals surface area contributed by atoms with Crippen LogP contribution in [0.15, 0.2) is 45.6 Å². The van der Waals surface area contributed by atoms with Gasteiger partial charge >= 0.3 is 5.63 Å². The average molecular weight is 500 g/mol. The van der Waals surface area contributed by atoms with E-state index in [1.165, 1.54) is 5.56 Å². The number of phenols is 1. The van der Waals surface area contributed by atoms with E-state index in [1.807, 2.05) is 13.0 Å². The van der Waals surface area contributed by atoms with Gasteiger partial charge in [0.2, 0.25) is 0 Å². The predicted molar refractivity (Wildman–Crippen MR) is 135 cm³/mol. The second kappa shape index (κ2) is 11.4. The Balaban J connectivity index is 0.00000181. The van der Waals surface area contributed by atoms with E-state index >= 15 is 0 Å². The molecule has 1 aliphatic heterocycles. The van der Waals surface area contributed by atoms with Crippen LogP contribution >= 0.6 is 36.4 Å². The van der Waals surface area contributed by atoms with Gasteiger partial charge in [-0.1, -0.05) is 41.9 Å². The minimum absolute atomic E-state index is 0. The summed E-state index contributed by atoms with van der Waals surface area (Å²) in [6.45, 7) is 7.02. The Bertz CT molecular complexity index is 1110. The maximum absolute atomic E-state index is 12.2. The Hall–Kier alpha value is -1.76. The van der Waals surface area contributed by atoms with Crippen molar-refractivity contribution in [2.45, 2.75) is 45.8 Å². The summed E-state index contributed by atoms with van der Waals surface area (Å²) in [6, 6.07) is 12.5. The standard InChI is InChI=1S/C24H27ClN2O3.2ClH/c1-15-16(2)24(29)30-23-19(15)12-21(25)22(28)20(23)13-26-18-8-10-27(11-9-18)14-17-6-4-3-5-7-17;;/h3-7,12,18,26,28H,8-11,13-14H2,1-2H3;2*1H. The number of nitrogens with zero attached hydrogens (tertiary/aromatic N) is 1. The molecule has 0 atom stereocenters. The summed E-state index contributed by atoms with van der Waals surface area (Å²) in [5.74, 6) is -0.0235. The number of aromatic hydroxyl groups is 1. The fourth-order valence-corrected chi connectivity index (χ4v) is 4.36. The molecule has 2 heterocycles. The third-order valence-electron chi connectivity index (χ3n) is 6.17. The number of phenolic OH excluding ortho intramolecular Hbond substituents is 1. The van der Waals surface area contributed by atoms with Crippen LogP contribution in [0.2, 0.25) is 5.02 Å². The molecule has 0 radical (unpaired) electrons. The molecule has 1 saturated heterocycles. The highest BCUT2D eigenvalue weighted by Gasteiger charge is 2.22. The van der Waals surface area contributed by atoms with Crippen molar-refractivity contribution in [3.63, 3.8) is 0 Å². The molecule has 0 saturated carbocycles. The van der Waals surface area contributed by atoms with Crippen LogP contribution in [0.3, 0.4) is 0 Å². The first-order valence-corrected chi connectivity index (χ1v) is 10.8. The first kappa shape index (κ1) is 26.5. The second-order valence-electron chi connectivity index (χ2n) is 8.12. The molecule has 1 fully saturated rings. The molecule has 0 amide bonds. The Labute approximate surface area is 205 Å². The lowest BCUT2D eigenvalue weighted by atomic mass is 10.0. The molecule has 1 aromatic heterocycles. The minimum Gasteiger partial charge on any atom is -0.506 e. The van der Waals surface area contributed by atoms with Gasteiger partial charge in [-0.2, -0.15) is 0 Å². The highest BCUT2D eigenvalue weighted by molar-refractivity contribution is 6.33. The van der Waals surface area contributed by atoms with Crippen molar-refractivity contribution >= 4 is 47.4 Å². The van der Waals surface area contributed by atoms with Crippen LogP contribution < -0.4 is 10.9 Å². The summed E-state index contributed by atoms with van der Waals surface area (Å²) < 4.78 is 5.54.